The maximum atomic E-state index is 12.3. The van der Waals surface area contributed by atoms with Gasteiger partial charge in [0.15, 0.2) is 0 Å². The second-order valence-corrected chi connectivity index (χ2v) is 9.56. The van der Waals surface area contributed by atoms with Crippen molar-refractivity contribution >= 4 is 27.3 Å². The van der Waals surface area contributed by atoms with Crippen LogP contribution in [0.2, 0.25) is 0 Å². The normalized spacial score (nSPS) is 14.1. The van der Waals surface area contributed by atoms with Crippen LogP contribution in [0.3, 0.4) is 0 Å². The summed E-state index contributed by atoms with van der Waals surface area (Å²) in [6.07, 6.45) is 1.78. The number of sulfonamides is 1. The zero-order valence-corrected chi connectivity index (χ0v) is 19.4. The lowest BCUT2D eigenvalue weighted by atomic mass is 10.2. The maximum absolute atomic E-state index is 12.3. The van der Waals surface area contributed by atoms with Crippen molar-refractivity contribution in [3.63, 3.8) is 0 Å². The van der Waals surface area contributed by atoms with Crippen LogP contribution in [0.25, 0.3) is 0 Å². The van der Waals surface area contributed by atoms with Crippen molar-refractivity contribution < 1.29 is 22.7 Å². The van der Waals surface area contributed by atoms with E-state index in [0.29, 0.717) is 24.4 Å². The Labute approximate surface area is 190 Å². The Balaban J connectivity index is 1.48. The second kappa shape index (κ2) is 11.2. The van der Waals surface area contributed by atoms with Crippen molar-refractivity contribution in [1.82, 2.24) is 5.32 Å². The van der Waals surface area contributed by atoms with E-state index >= 15 is 0 Å². The van der Waals surface area contributed by atoms with Crippen LogP contribution < -0.4 is 19.3 Å². The average Bonchev–Trinajstić information content (AvgIpc) is 2.80. The summed E-state index contributed by atoms with van der Waals surface area (Å²) in [5, 5.41) is 2.91. The maximum Gasteiger partial charge on any atom is 0.232 e. The number of hydrogen-bond acceptors (Lipinski definition) is 6. The van der Waals surface area contributed by atoms with Crippen molar-refractivity contribution in [2.24, 2.45) is 0 Å². The highest BCUT2D eigenvalue weighted by Crippen LogP contribution is 2.29. The standard InChI is InChI=1S/C23H31N3O5S/c1-30-22-7-4-3-6-21(22)26(32(2,28)29)13-5-8-23(27)24-18-19-9-11-20(12-10-19)25-14-16-31-17-15-25/h3-4,6-7,9-12H,5,8,13-18H2,1-2H3,(H,24,27). The highest BCUT2D eigenvalue weighted by molar-refractivity contribution is 7.92. The number of morpholine rings is 1. The van der Waals surface area contributed by atoms with Gasteiger partial charge in [0.25, 0.3) is 0 Å². The van der Waals surface area contributed by atoms with Crippen LogP contribution in [0.5, 0.6) is 5.75 Å². The fraction of sp³-hybridized carbons (Fsp3) is 0.435. The van der Waals surface area contributed by atoms with Crippen LogP contribution in [0, 0.1) is 0 Å². The molecule has 1 amide bonds. The van der Waals surface area contributed by atoms with E-state index in [2.05, 4.69) is 22.3 Å². The molecule has 0 saturated carbocycles. The van der Waals surface area contributed by atoms with Gasteiger partial charge in [-0.25, -0.2) is 8.42 Å². The number of rotatable bonds is 10. The van der Waals surface area contributed by atoms with Crippen molar-refractivity contribution in [2.45, 2.75) is 19.4 Å². The third kappa shape index (κ3) is 6.61. The molecule has 174 valence electrons. The van der Waals surface area contributed by atoms with E-state index in [4.69, 9.17) is 9.47 Å². The molecule has 0 unspecified atom stereocenters. The van der Waals surface area contributed by atoms with Crippen LogP contribution in [-0.2, 0) is 26.1 Å². The van der Waals surface area contributed by atoms with Gasteiger partial charge in [0.1, 0.15) is 5.75 Å². The van der Waals surface area contributed by atoms with Gasteiger partial charge in [-0.3, -0.25) is 9.10 Å². The van der Waals surface area contributed by atoms with Crippen LogP contribution >= 0.6 is 0 Å². The molecule has 2 aromatic rings. The first-order valence-corrected chi connectivity index (χ1v) is 12.5. The zero-order valence-electron chi connectivity index (χ0n) is 18.6. The summed E-state index contributed by atoms with van der Waals surface area (Å²) in [6, 6.07) is 15.1. The first kappa shape index (κ1) is 23.9. The summed E-state index contributed by atoms with van der Waals surface area (Å²) in [4.78, 5) is 14.6. The molecule has 0 atom stereocenters. The van der Waals surface area contributed by atoms with Gasteiger partial charge in [0.05, 0.1) is 32.3 Å². The van der Waals surface area contributed by atoms with Crippen LogP contribution in [0.1, 0.15) is 18.4 Å². The van der Waals surface area contributed by atoms with E-state index < -0.39 is 10.0 Å². The van der Waals surface area contributed by atoms with E-state index in [-0.39, 0.29) is 18.9 Å². The minimum atomic E-state index is -3.51. The number of hydrogen-bond donors (Lipinski definition) is 1. The van der Waals surface area contributed by atoms with Crippen molar-refractivity contribution in [1.29, 1.82) is 0 Å². The molecule has 0 spiro atoms. The molecule has 0 bridgehead atoms. The number of para-hydroxylation sites is 2. The van der Waals surface area contributed by atoms with Gasteiger partial charge >= 0.3 is 0 Å². The van der Waals surface area contributed by atoms with Gasteiger partial charge in [-0.2, -0.15) is 0 Å². The summed E-state index contributed by atoms with van der Waals surface area (Å²) in [7, 11) is -2.01. The fourth-order valence-corrected chi connectivity index (χ4v) is 4.59. The lowest BCUT2D eigenvalue weighted by Crippen LogP contribution is -2.36. The van der Waals surface area contributed by atoms with Gasteiger partial charge in [0.2, 0.25) is 15.9 Å². The molecule has 0 aromatic heterocycles. The van der Waals surface area contributed by atoms with Crippen LogP contribution in [-0.4, -0.2) is 60.5 Å². The Morgan fingerprint density at radius 1 is 1.12 bits per heavy atom. The Bertz CT molecular complexity index is 989. The van der Waals surface area contributed by atoms with Crippen molar-refractivity contribution in [3.8, 4) is 5.75 Å². The highest BCUT2D eigenvalue weighted by Gasteiger charge is 2.20. The lowest BCUT2D eigenvalue weighted by molar-refractivity contribution is -0.121. The SMILES string of the molecule is COc1ccccc1N(CCCC(=O)NCc1ccc(N2CCOCC2)cc1)S(C)(=O)=O. The monoisotopic (exact) mass is 461 g/mol. The second-order valence-electron chi connectivity index (χ2n) is 7.65. The molecule has 1 aliphatic rings. The van der Waals surface area contributed by atoms with E-state index in [1.807, 2.05) is 12.1 Å². The third-order valence-electron chi connectivity index (χ3n) is 5.32. The molecule has 1 saturated heterocycles. The largest absolute Gasteiger partial charge is 0.495 e. The molecule has 1 N–H and O–H groups in total. The minimum absolute atomic E-state index is 0.115. The number of amides is 1. The van der Waals surface area contributed by atoms with Crippen molar-refractivity contribution in [3.05, 3.63) is 54.1 Å². The number of anilines is 2. The Kier molecular flexibility index (Phi) is 8.35. The third-order valence-corrected chi connectivity index (χ3v) is 6.50. The lowest BCUT2D eigenvalue weighted by Gasteiger charge is -2.28. The molecular weight excluding hydrogens is 430 g/mol. The molecule has 32 heavy (non-hydrogen) atoms. The number of carbonyl (C=O) groups is 1. The number of ether oxygens (including phenoxy) is 2. The fourth-order valence-electron chi connectivity index (χ4n) is 3.62. The number of carbonyl (C=O) groups excluding carboxylic acids is 1. The van der Waals surface area contributed by atoms with Gasteiger partial charge in [-0.1, -0.05) is 24.3 Å². The summed E-state index contributed by atoms with van der Waals surface area (Å²) < 4.78 is 36.5. The molecule has 0 radical (unpaired) electrons. The highest BCUT2D eigenvalue weighted by atomic mass is 32.2. The first-order valence-electron chi connectivity index (χ1n) is 10.7. The predicted molar refractivity (Wildman–Crippen MR) is 126 cm³/mol. The number of benzene rings is 2. The average molecular weight is 462 g/mol. The smallest absolute Gasteiger partial charge is 0.232 e. The molecular formula is C23H31N3O5S. The van der Waals surface area contributed by atoms with Crippen molar-refractivity contribution in [2.75, 3.05) is 55.4 Å². The van der Waals surface area contributed by atoms with Gasteiger partial charge in [-0.15, -0.1) is 0 Å². The summed E-state index contributed by atoms with van der Waals surface area (Å²) >= 11 is 0. The van der Waals surface area contributed by atoms with Crippen LogP contribution in [0.15, 0.2) is 48.5 Å². The Morgan fingerprint density at radius 3 is 2.47 bits per heavy atom. The van der Waals surface area contributed by atoms with Crippen LogP contribution in [0.4, 0.5) is 11.4 Å². The molecule has 8 nitrogen and oxygen atoms in total. The molecule has 1 heterocycles. The van der Waals surface area contributed by atoms with Gasteiger partial charge in [0, 0.05) is 38.3 Å². The molecule has 1 aliphatic heterocycles. The quantitative estimate of drug-likeness (QED) is 0.585. The zero-order chi connectivity index (χ0) is 23.0. The summed E-state index contributed by atoms with van der Waals surface area (Å²) in [5.41, 5.74) is 2.64. The Hall–Kier alpha value is -2.78. The van der Waals surface area contributed by atoms with Gasteiger partial charge in [-0.05, 0) is 36.2 Å². The molecule has 0 aliphatic carbocycles. The molecule has 2 aromatic carbocycles. The minimum Gasteiger partial charge on any atom is -0.495 e. The Morgan fingerprint density at radius 2 is 1.81 bits per heavy atom. The van der Waals surface area contributed by atoms with E-state index in [9.17, 15) is 13.2 Å². The number of methoxy groups -OCH3 is 1. The molecule has 3 rings (SSSR count). The number of nitrogens with zero attached hydrogens (tertiary/aromatic N) is 2. The molecule has 9 heteroatoms. The topological polar surface area (TPSA) is 88.2 Å². The number of nitrogens with one attached hydrogen (secondary N) is 1. The predicted octanol–water partition coefficient (Wildman–Crippen LogP) is 2.39. The first-order chi connectivity index (χ1) is 15.4. The van der Waals surface area contributed by atoms with E-state index in [1.165, 1.54) is 11.4 Å². The van der Waals surface area contributed by atoms with E-state index in [1.54, 1.807) is 24.3 Å². The van der Waals surface area contributed by atoms with E-state index in [0.717, 1.165) is 43.8 Å². The van der Waals surface area contributed by atoms with Gasteiger partial charge < -0.3 is 19.7 Å². The molecule has 1 fully saturated rings. The summed E-state index contributed by atoms with van der Waals surface area (Å²) in [5.74, 6) is 0.360. The summed E-state index contributed by atoms with van der Waals surface area (Å²) in [6.45, 7) is 3.88.